The summed E-state index contributed by atoms with van der Waals surface area (Å²) in [7, 11) is -5.03. The highest BCUT2D eigenvalue weighted by molar-refractivity contribution is 14.1. The van der Waals surface area contributed by atoms with Crippen LogP contribution in [0.3, 0.4) is 0 Å². The molecule has 1 aromatic rings. The summed E-state index contributed by atoms with van der Waals surface area (Å²) in [5.74, 6) is -3.90. The molecule has 0 saturated heterocycles. The minimum Gasteiger partial charge on any atom is -0.451 e. The molecule has 0 fully saturated rings. The first-order chi connectivity index (χ1) is 12.2. The maximum atomic E-state index is 12.7. The minimum absolute atomic E-state index is 0.259. The molecule has 0 bridgehead atoms. The average Bonchev–Trinajstić information content (AvgIpc) is 2.46. The lowest BCUT2D eigenvalue weighted by atomic mass is 10.3. The van der Waals surface area contributed by atoms with E-state index in [1.54, 1.807) is 12.1 Å². The Morgan fingerprint density at radius 1 is 1.07 bits per heavy atom. The molecule has 0 heterocycles. The molecule has 14 heteroatoms. The van der Waals surface area contributed by atoms with Crippen LogP contribution < -0.4 is 4.74 Å². The van der Waals surface area contributed by atoms with Crippen LogP contribution in [0, 0.1) is 10.7 Å². The van der Waals surface area contributed by atoms with E-state index >= 15 is 0 Å². The highest BCUT2D eigenvalue weighted by atomic mass is 127. The van der Waals surface area contributed by atoms with Crippen LogP contribution in [0.25, 0.3) is 0 Å². The highest BCUT2D eigenvalue weighted by Gasteiger charge is 2.45. The first-order valence-electron chi connectivity index (χ1n) is 6.75. The number of esters is 2. The molecule has 0 aliphatic rings. The van der Waals surface area contributed by atoms with Crippen LogP contribution in [0.15, 0.2) is 12.1 Å². The van der Waals surface area contributed by atoms with Crippen molar-refractivity contribution in [1.29, 1.82) is 0 Å². The van der Waals surface area contributed by atoms with Gasteiger partial charge in [0.1, 0.15) is 5.75 Å². The minimum atomic E-state index is -5.20. The van der Waals surface area contributed by atoms with Gasteiger partial charge >= 0.3 is 18.1 Å². The van der Waals surface area contributed by atoms with E-state index in [4.69, 9.17) is 9.29 Å². The van der Waals surface area contributed by atoms with Gasteiger partial charge in [0.25, 0.3) is 10.1 Å². The van der Waals surface area contributed by atoms with Crippen molar-refractivity contribution < 1.29 is 45.2 Å². The summed E-state index contributed by atoms with van der Waals surface area (Å²) in [5, 5.41) is 0. The van der Waals surface area contributed by atoms with Crippen LogP contribution in [0.2, 0.25) is 0 Å². The molecule has 0 aromatic heterocycles. The van der Waals surface area contributed by atoms with Crippen molar-refractivity contribution in [2.24, 2.45) is 0 Å². The normalized spacial score (nSPS) is 13.1. The number of alkyl halides is 3. The summed E-state index contributed by atoms with van der Waals surface area (Å²) in [4.78, 5) is 23.3. The van der Waals surface area contributed by atoms with Crippen molar-refractivity contribution in [3.05, 3.63) is 22.8 Å². The summed E-state index contributed by atoms with van der Waals surface area (Å²) in [6, 6.07) is 3.48. The lowest BCUT2D eigenvalue weighted by molar-refractivity contribution is -0.215. The van der Waals surface area contributed by atoms with Gasteiger partial charge in [-0.25, -0.2) is 0 Å². The number of carbonyl (C=O) groups is 2. The maximum absolute atomic E-state index is 12.7. The average molecular weight is 748 g/mol. The van der Waals surface area contributed by atoms with Gasteiger partial charge in [-0.15, -0.1) is 0 Å². The van der Waals surface area contributed by atoms with E-state index in [9.17, 15) is 31.2 Å². The number of ether oxygens (including phenoxy) is 2. The van der Waals surface area contributed by atoms with E-state index in [0.717, 1.165) is 3.57 Å². The fourth-order valence-corrected chi connectivity index (χ4v) is 6.04. The van der Waals surface area contributed by atoms with Crippen LogP contribution in [-0.2, 0) is 24.4 Å². The standard InChI is InChI=1S/C13H10F3I3O7S/c14-13(15,16)9(5-27(22,23)24)25-10(20)1-2-11(21)26-12-7(18)3-6(17)4-8(12)19/h3-4,9H,1-2,5H2,(H,22,23,24). The van der Waals surface area contributed by atoms with Crippen molar-refractivity contribution >= 4 is 89.8 Å². The number of carbonyl (C=O) groups excluding carboxylic acids is 2. The molecule has 1 unspecified atom stereocenters. The predicted molar refractivity (Wildman–Crippen MR) is 112 cm³/mol. The quantitative estimate of drug-likeness (QED) is 0.197. The van der Waals surface area contributed by atoms with Gasteiger partial charge in [0.05, 0.1) is 20.0 Å². The lowest BCUT2D eigenvalue weighted by Gasteiger charge is -2.19. The highest BCUT2D eigenvalue weighted by Crippen LogP contribution is 2.30. The van der Waals surface area contributed by atoms with Gasteiger partial charge in [-0.3, -0.25) is 14.1 Å². The largest absolute Gasteiger partial charge is 0.451 e. The first-order valence-corrected chi connectivity index (χ1v) is 11.6. The molecule has 0 aliphatic heterocycles. The topological polar surface area (TPSA) is 107 Å². The van der Waals surface area contributed by atoms with Crippen LogP contribution in [0.5, 0.6) is 5.75 Å². The van der Waals surface area contributed by atoms with Gasteiger partial charge in [-0.05, 0) is 79.9 Å². The Kier molecular flexibility index (Phi) is 9.47. The zero-order valence-electron chi connectivity index (χ0n) is 12.9. The summed E-state index contributed by atoms with van der Waals surface area (Å²) in [5.41, 5.74) is 0. The van der Waals surface area contributed by atoms with Gasteiger partial charge < -0.3 is 9.47 Å². The number of rotatable bonds is 7. The molecule has 1 N–H and O–H groups in total. The third-order valence-electron chi connectivity index (χ3n) is 2.71. The smallest absolute Gasteiger partial charge is 0.426 e. The molecule has 0 saturated carbocycles. The van der Waals surface area contributed by atoms with E-state index in [-0.39, 0.29) is 5.75 Å². The predicted octanol–water partition coefficient (Wildman–Crippen LogP) is 3.55. The first kappa shape index (κ1) is 25.1. The fourth-order valence-electron chi connectivity index (χ4n) is 1.60. The molecule has 1 atom stereocenters. The molecule has 1 rings (SSSR count). The third kappa shape index (κ3) is 9.39. The molecule has 0 spiro atoms. The molecule has 27 heavy (non-hydrogen) atoms. The van der Waals surface area contributed by atoms with Crippen molar-refractivity contribution in [2.45, 2.75) is 25.1 Å². The second-order valence-electron chi connectivity index (χ2n) is 4.94. The van der Waals surface area contributed by atoms with E-state index < -0.39 is 52.9 Å². The molecule has 1 aromatic carbocycles. The Bertz CT molecular complexity index is 804. The number of halogens is 6. The Morgan fingerprint density at radius 2 is 1.56 bits per heavy atom. The molecular formula is C13H10F3I3O7S. The van der Waals surface area contributed by atoms with E-state index in [1.165, 1.54) is 0 Å². The SMILES string of the molecule is O=C(CCC(=O)OC(CS(=O)(=O)O)C(F)(F)F)Oc1c(I)cc(I)cc1I. The Balaban J connectivity index is 2.66. The second-order valence-corrected chi connectivity index (χ2v) is 10.0. The van der Waals surface area contributed by atoms with E-state index in [0.29, 0.717) is 7.14 Å². The second kappa shape index (κ2) is 10.2. The van der Waals surface area contributed by atoms with Crippen molar-refractivity contribution in [3.63, 3.8) is 0 Å². The molecule has 0 amide bonds. The molecule has 7 nitrogen and oxygen atoms in total. The third-order valence-corrected chi connectivity index (χ3v) is 5.66. The summed E-state index contributed by atoms with van der Waals surface area (Å²) in [6.07, 6.45) is -9.56. The zero-order chi connectivity index (χ0) is 21.0. The Hall–Kier alpha value is 0.0500. The monoisotopic (exact) mass is 748 g/mol. The van der Waals surface area contributed by atoms with Crippen LogP contribution in [0.1, 0.15) is 12.8 Å². The number of hydrogen-bond acceptors (Lipinski definition) is 6. The fraction of sp³-hybridized carbons (Fsp3) is 0.385. The van der Waals surface area contributed by atoms with Gasteiger partial charge in [-0.2, -0.15) is 21.6 Å². The molecule has 0 radical (unpaired) electrons. The maximum Gasteiger partial charge on any atom is 0.426 e. The van der Waals surface area contributed by atoms with Gasteiger partial charge in [0.15, 0.2) is 5.75 Å². The summed E-state index contributed by atoms with van der Waals surface area (Å²) < 4.78 is 79.1. The van der Waals surface area contributed by atoms with Crippen molar-refractivity contribution in [3.8, 4) is 5.75 Å². The Morgan fingerprint density at radius 3 is 2.00 bits per heavy atom. The van der Waals surface area contributed by atoms with Crippen LogP contribution >= 0.6 is 67.8 Å². The zero-order valence-corrected chi connectivity index (χ0v) is 20.2. The van der Waals surface area contributed by atoms with Crippen molar-refractivity contribution in [2.75, 3.05) is 5.75 Å². The van der Waals surface area contributed by atoms with Gasteiger partial charge in [-0.1, -0.05) is 0 Å². The van der Waals surface area contributed by atoms with Gasteiger partial charge in [0.2, 0.25) is 6.10 Å². The molecule has 0 aliphatic carbocycles. The molecular weight excluding hydrogens is 738 g/mol. The van der Waals surface area contributed by atoms with Gasteiger partial charge in [0, 0.05) is 3.57 Å². The Labute approximate surface area is 192 Å². The van der Waals surface area contributed by atoms with E-state index in [1.807, 2.05) is 45.2 Å². The number of hydrogen-bond donors (Lipinski definition) is 1. The van der Waals surface area contributed by atoms with Crippen LogP contribution in [-0.4, -0.2) is 42.9 Å². The summed E-state index contributed by atoms with van der Waals surface area (Å²) in [6.45, 7) is 0. The summed E-state index contributed by atoms with van der Waals surface area (Å²) >= 11 is 5.95. The molecule has 152 valence electrons. The van der Waals surface area contributed by atoms with Crippen molar-refractivity contribution in [1.82, 2.24) is 0 Å². The number of benzene rings is 1. The van der Waals surface area contributed by atoms with E-state index in [2.05, 4.69) is 27.3 Å². The van der Waals surface area contributed by atoms with Crippen LogP contribution in [0.4, 0.5) is 13.2 Å². The lowest BCUT2D eigenvalue weighted by Crippen LogP contribution is -2.39.